The minimum Gasteiger partial charge on any atom is -0.454 e. The Hall–Kier alpha value is -2.13. The first kappa shape index (κ1) is 25.1. The van der Waals surface area contributed by atoms with Crippen LogP contribution in [0.5, 0.6) is 0 Å². The molecule has 31 heavy (non-hydrogen) atoms. The number of hydrogen-bond donors (Lipinski definition) is 2. The number of benzene rings is 2. The van der Waals surface area contributed by atoms with Gasteiger partial charge < -0.3 is 10.1 Å². The van der Waals surface area contributed by atoms with E-state index in [9.17, 15) is 18.0 Å². The van der Waals surface area contributed by atoms with Crippen molar-refractivity contribution in [2.75, 3.05) is 13.2 Å². The molecule has 0 aliphatic rings. The number of hydrogen-bond acceptors (Lipinski definition) is 5. The summed E-state index contributed by atoms with van der Waals surface area (Å²) in [5.41, 5.74) is 0.818. The summed E-state index contributed by atoms with van der Waals surface area (Å²) in [5.74, 6) is -1.72. The number of esters is 1. The van der Waals surface area contributed by atoms with Gasteiger partial charge in [0, 0.05) is 16.6 Å². The van der Waals surface area contributed by atoms with Gasteiger partial charge in [0.15, 0.2) is 6.61 Å². The van der Waals surface area contributed by atoms with Gasteiger partial charge in [-0.15, -0.1) is 0 Å². The van der Waals surface area contributed by atoms with Gasteiger partial charge in [0.25, 0.3) is 5.91 Å². The van der Waals surface area contributed by atoms with Crippen molar-refractivity contribution in [3.05, 3.63) is 64.1 Å². The summed E-state index contributed by atoms with van der Waals surface area (Å²) in [4.78, 5) is 24.4. The molecule has 0 saturated carbocycles. The third-order valence-corrected chi connectivity index (χ3v) is 6.38. The van der Waals surface area contributed by atoms with E-state index in [-0.39, 0.29) is 17.4 Å². The first-order valence-electron chi connectivity index (χ1n) is 9.55. The van der Waals surface area contributed by atoms with Gasteiger partial charge in [0.05, 0.1) is 4.90 Å². The number of amides is 1. The first-order valence-corrected chi connectivity index (χ1v) is 11.8. The second-order valence-electron chi connectivity index (χ2n) is 7.10. The van der Waals surface area contributed by atoms with Crippen molar-refractivity contribution < 1.29 is 22.7 Å². The fourth-order valence-electron chi connectivity index (χ4n) is 2.63. The van der Waals surface area contributed by atoms with Crippen LogP contribution < -0.4 is 10.0 Å². The molecule has 0 spiro atoms. The van der Waals surface area contributed by atoms with E-state index in [4.69, 9.17) is 27.9 Å². The van der Waals surface area contributed by atoms with Crippen molar-refractivity contribution in [3.63, 3.8) is 0 Å². The number of carbonyl (C=O) groups is 2. The van der Waals surface area contributed by atoms with Gasteiger partial charge in [-0.2, -0.15) is 4.72 Å². The zero-order valence-corrected chi connectivity index (χ0v) is 19.4. The van der Waals surface area contributed by atoms with E-state index >= 15 is 0 Å². The van der Waals surface area contributed by atoms with Gasteiger partial charge in [0.1, 0.15) is 6.04 Å². The molecule has 1 amide bonds. The fourth-order valence-corrected chi connectivity index (χ4v) is 4.49. The lowest BCUT2D eigenvalue weighted by atomic mass is 10.1. The Morgan fingerprint density at radius 2 is 1.74 bits per heavy atom. The van der Waals surface area contributed by atoms with Crippen LogP contribution in [-0.2, 0) is 30.8 Å². The molecule has 10 heteroatoms. The predicted octanol–water partition coefficient (Wildman–Crippen LogP) is 3.20. The second-order valence-corrected chi connectivity index (χ2v) is 9.66. The molecule has 0 heterocycles. The average Bonchev–Trinajstić information content (AvgIpc) is 2.72. The van der Waals surface area contributed by atoms with Crippen LogP contribution in [0.1, 0.15) is 19.4 Å². The molecule has 2 N–H and O–H groups in total. The van der Waals surface area contributed by atoms with Gasteiger partial charge in [-0.3, -0.25) is 9.59 Å². The van der Waals surface area contributed by atoms with E-state index < -0.39 is 34.5 Å². The minimum atomic E-state index is -3.91. The normalized spacial score (nSPS) is 12.4. The molecular weight excluding hydrogens is 463 g/mol. The summed E-state index contributed by atoms with van der Waals surface area (Å²) >= 11 is 11.9. The molecule has 2 aromatic carbocycles. The van der Waals surface area contributed by atoms with Gasteiger partial charge in [-0.25, -0.2) is 8.42 Å². The Bertz CT molecular complexity index is 1010. The summed E-state index contributed by atoms with van der Waals surface area (Å²) < 4.78 is 32.4. The Kier molecular flexibility index (Phi) is 9.31. The highest BCUT2D eigenvalue weighted by molar-refractivity contribution is 7.89. The predicted molar refractivity (Wildman–Crippen MR) is 120 cm³/mol. The van der Waals surface area contributed by atoms with Crippen LogP contribution in [0.4, 0.5) is 0 Å². The lowest BCUT2D eigenvalue weighted by Crippen LogP contribution is -2.46. The monoisotopic (exact) mass is 486 g/mol. The molecule has 0 fully saturated rings. The van der Waals surface area contributed by atoms with Crippen LogP contribution in [0.25, 0.3) is 0 Å². The number of halogens is 2. The maximum Gasteiger partial charge on any atom is 0.324 e. The number of carbonyl (C=O) groups excluding carboxylic acids is 2. The van der Waals surface area contributed by atoms with E-state index in [1.165, 1.54) is 12.1 Å². The van der Waals surface area contributed by atoms with Crippen LogP contribution in [0, 0.1) is 5.92 Å². The molecule has 0 saturated heterocycles. The van der Waals surface area contributed by atoms with Crippen molar-refractivity contribution in [1.82, 2.24) is 10.0 Å². The average molecular weight is 487 g/mol. The van der Waals surface area contributed by atoms with Crippen molar-refractivity contribution in [2.24, 2.45) is 5.92 Å². The molecule has 0 aliphatic carbocycles. The highest BCUT2D eigenvalue weighted by atomic mass is 35.5. The van der Waals surface area contributed by atoms with E-state index in [1.54, 1.807) is 50.2 Å². The molecular formula is C21H24Cl2N2O5S. The van der Waals surface area contributed by atoms with Crippen molar-refractivity contribution in [3.8, 4) is 0 Å². The van der Waals surface area contributed by atoms with Gasteiger partial charge in [-0.1, -0.05) is 61.3 Å². The standard InChI is InChI=1S/C21H24Cl2N2O5S/c1-14(2)20(25-31(28,29)17-6-4-3-5-7-17)21(27)30-13-19(26)24-11-10-15-8-9-16(22)12-18(15)23/h3-9,12,14,20,25H,10-11,13H2,1-2H3,(H,24,26)/t20-/m0/s1. The van der Waals surface area contributed by atoms with E-state index in [1.807, 2.05) is 0 Å². The number of ether oxygens (including phenoxy) is 1. The first-order chi connectivity index (χ1) is 14.6. The lowest BCUT2D eigenvalue weighted by molar-refractivity contribution is -0.151. The molecule has 1 atom stereocenters. The van der Waals surface area contributed by atoms with Gasteiger partial charge in [0.2, 0.25) is 10.0 Å². The molecule has 168 valence electrons. The maximum atomic E-state index is 12.5. The Labute approximate surface area is 192 Å². The number of nitrogens with one attached hydrogen (secondary N) is 2. The quantitative estimate of drug-likeness (QED) is 0.502. The molecule has 2 rings (SSSR count). The number of sulfonamides is 1. The minimum absolute atomic E-state index is 0.0343. The summed E-state index contributed by atoms with van der Waals surface area (Å²) in [6.45, 7) is 3.11. The smallest absolute Gasteiger partial charge is 0.324 e. The van der Waals surface area contributed by atoms with Crippen LogP contribution in [0.2, 0.25) is 10.0 Å². The topological polar surface area (TPSA) is 102 Å². The van der Waals surface area contributed by atoms with Crippen LogP contribution in [0.15, 0.2) is 53.4 Å². The Morgan fingerprint density at radius 3 is 2.35 bits per heavy atom. The van der Waals surface area contributed by atoms with Crippen LogP contribution >= 0.6 is 23.2 Å². The summed E-state index contributed by atoms with van der Waals surface area (Å²) in [6, 6.07) is 11.6. The molecule has 0 bridgehead atoms. The molecule has 7 nitrogen and oxygen atoms in total. The highest BCUT2D eigenvalue weighted by Gasteiger charge is 2.30. The van der Waals surface area contributed by atoms with Crippen molar-refractivity contribution >= 4 is 45.1 Å². The molecule has 0 aliphatic heterocycles. The SMILES string of the molecule is CC(C)[C@H](NS(=O)(=O)c1ccccc1)C(=O)OCC(=O)NCCc1ccc(Cl)cc1Cl. The molecule has 2 aromatic rings. The van der Waals surface area contributed by atoms with Gasteiger partial charge >= 0.3 is 5.97 Å². The third kappa shape index (κ3) is 7.81. The van der Waals surface area contributed by atoms with E-state index in [0.29, 0.717) is 16.5 Å². The second kappa shape index (κ2) is 11.5. The summed E-state index contributed by atoms with van der Waals surface area (Å²) in [5, 5.41) is 3.64. The van der Waals surface area contributed by atoms with Gasteiger partial charge in [-0.05, 0) is 42.2 Å². The molecule has 0 unspecified atom stereocenters. The van der Waals surface area contributed by atoms with Crippen LogP contribution in [0.3, 0.4) is 0 Å². The van der Waals surface area contributed by atoms with Crippen molar-refractivity contribution in [2.45, 2.75) is 31.2 Å². The summed E-state index contributed by atoms with van der Waals surface area (Å²) in [7, 11) is -3.91. The third-order valence-electron chi connectivity index (χ3n) is 4.33. The maximum absolute atomic E-state index is 12.5. The fraction of sp³-hybridized carbons (Fsp3) is 0.333. The van der Waals surface area contributed by atoms with Crippen LogP contribution in [-0.4, -0.2) is 39.5 Å². The van der Waals surface area contributed by atoms with E-state index in [2.05, 4.69) is 10.0 Å². The largest absolute Gasteiger partial charge is 0.454 e. The number of rotatable bonds is 10. The summed E-state index contributed by atoms with van der Waals surface area (Å²) in [6.07, 6.45) is 0.473. The Balaban J connectivity index is 1.86. The van der Waals surface area contributed by atoms with E-state index in [0.717, 1.165) is 5.56 Å². The van der Waals surface area contributed by atoms with Crippen molar-refractivity contribution in [1.29, 1.82) is 0 Å². The Morgan fingerprint density at radius 1 is 1.06 bits per heavy atom. The lowest BCUT2D eigenvalue weighted by Gasteiger charge is -2.20. The highest BCUT2D eigenvalue weighted by Crippen LogP contribution is 2.21. The molecule has 0 aromatic heterocycles. The molecule has 0 radical (unpaired) electrons. The zero-order chi connectivity index (χ0) is 23.0. The zero-order valence-electron chi connectivity index (χ0n) is 17.1.